The van der Waals surface area contributed by atoms with Crippen LogP contribution in [0.25, 0.3) is 0 Å². The van der Waals surface area contributed by atoms with E-state index in [0.29, 0.717) is 31.5 Å². The minimum absolute atomic E-state index is 0.150. The summed E-state index contributed by atoms with van der Waals surface area (Å²) < 4.78 is 31.2. The maximum absolute atomic E-state index is 13.1. The molecule has 0 aromatic heterocycles. The summed E-state index contributed by atoms with van der Waals surface area (Å²) in [6.45, 7) is 11.8. The SMILES string of the molecule is CC1CN(C(=O)OC(C)(C)C)CCC1(O)c1ccc(F)cc1.CC1CNCCC1(O)c1ccc(F)cc1. The Labute approximate surface area is 218 Å². The van der Waals surface area contributed by atoms with Crippen molar-refractivity contribution in [3.05, 3.63) is 71.3 Å². The second-order valence-electron chi connectivity index (χ2n) is 11.3. The van der Waals surface area contributed by atoms with Crippen molar-refractivity contribution in [1.29, 1.82) is 0 Å². The van der Waals surface area contributed by atoms with Crippen molar-refractivity contribution >= 4 is 6.09 Å². The van der Waals surface area contributed by atoms with E-state index in [1.165, 1.54) is 24.3 Å². The van der Waals surface area contributed by atoms with E-state index in [-0.39, 0.29) is 29.6 Å². The topological polar surface area (TPSA) is 82.0 Å². The van der Waals surface area contributed by atoms with Gasteiger partial charge in [0.15, 0.2) is 0 Å². The van der Waals surface area contributed by atoms with E-state index in [4.69, 9.17) is 4.74 Å². The monoisotopic (exact) mass is 518 g/mol. The number of likely N-dealkylation sites (tertiary alicyclic amines) is 1. The molecule has 204 valence electrons. The summed E-state index contributed by atoms with van der Waals surface area (Å²) in [7, 11) is 0. The van der Waals surface area contributed by atoms with Gasteiger partial charge in [0, 0.05) is 31.5 Å². The number of ether oxygens (including phenoxy) is 1. The number of benzene rings is 2. The van der Waals surface area contributed by atoms with Crippen LogP contribution < -0.4 is 5.32 Å². The van der Waals surface area contributed by atoms with Gasteiger partial charge in [-0.1, -0.05) is 38.1 Å². The number of hydrogen-bond donors (Lipinski definition) is 3. The minimum atomic E-state index is -1.05. The lowest BCUT2D eigenvalue weighted by Crippen LogP contribution is -2.51. The molecule has 2 aromatic rings. The third-order valence-corrected chi connectivity index (χ3v) is 7.36. The lowest BCUT2D eigenvalue weighted by molar-refractivity contribution is -0.0734. The Bertz CT molecular complexity index is 1040. The van der Waals surface area contributed by atoms with Crippen LogP contribution >= 0.6 is 0 Å². The van der Waals surface area contributed by atoms with Crippen molar-refractivity contribution in [2.24, 2.45) is 11.8 Å². The fraction of sp³-hybridized carbons (Fsp3) is 0.552. The lowest BCUT2D eigenvalue weighted by Gasteiger charge is -2.43. The van der Waals surface area contributed by atoms with E-state index >= 15 is 0 Å². The average Bonchev–Trinajstić information content (AvgIpc) is 2.83. The van der Waals surface area contributed by atoms with Crippen molar-refractivity contribution in [2.45, 2.75) is 64.3 Å². The molecule has 2 fully saturated rings. The molecule has 2 heterocycles. The quantitative estimate of drug-likeness (QED) is 0.525. The average molecular weight is 519 g/mol. The van der Waals surface area contributed by atoms with Gasteiger partial charge in [-0.05, 0) is 75.5 Å². The van der Waals surface area contributed by atoms with Crippen LogP contribution in [-0.4, -0.2) is 53.0 Å². The molecule has 0 bridgehead atoms. The van der Waals surface area contributed by atoms with Gasteiger partial charge in [0.1, 0.15) is 17.2 Å². The van der Waals surface area contributed by atoms with Crippen LogP contribution in [0.1, 0.15) is 58.6 Å². The largest absolute Gasteiger partial charge is 0.444 e. The zero-order valence-electron chi connectivity index (χ0n) is 22.4. The van der Waals surface area contributed by atoms with Crippen LogP contribution in [0, 0.1) is 23.5 Å². The molecule has 0 saturated carbocycles. The Morgan fingerprint density at radius 2 is 1.41 bits per heavy atom. The number of carbonyl (C=O) groups is 1. The highest BCUT2D eigenvalue weighted by Gasteiger charge is 2.42. The Kier molecular flexibility index (Phi) is 8.98. The standard InChI is InChI=1S/C17H24FNO3.C12H16FNO/c1-12-11-19(15(20)22-16(2,3)4)10-9-17(12,21)13-5-7-14(18)8-6-13;1-9-8-14-7-6-12(9,15)10-2-4-11(13)5-3-10/h5-8,12,21H,9-11H2,1-4H3;2-5,9,14-15H,6-8H2,1H3. The number of nitrogens with zero attached hydrogens (tertiary/aromatic N) is 1. The van der Waals surface area contributed by atoms with E-state index in [1.807, 2.05) is 34.6 Å². The normalized spacial score (nSPS) is 28.2. The number of halogens is 2. The predicted octanol–water partition coefficient (Wildman–Crippen LogP) is 4.93. The molecule has 0 spiro atoms. The van der Waals surface area contributed by atoms with Crippen molar-refractivity contribution in [2.75, 3.05) is 26.2 Å². The molecule has 3 N–H and O–H groups in total. The van der Waals surface area contributed by atoms with E-state index in [9.17, 15) is 23.8 Å². The second-order valence-corrected chi connectivity index (χ2v) is 11.3. The molecule has 0 radical (unpaired) electrons. The Morgan fingerprint density at radius 3 is 1.84 bits per heavy atom. The second kappa shape index (κ2) is 11.5. The van der Waals surface area contributed by atoms with Gasteiger partial charge >= 0.3 is 6.09 Å². The molecule has 2 saturated heterocycles. The van der Waals surface area contributed by atoms with Crippen LogP contribution in [0.2, 0.25) is 0 Å². The number of aliphatic hydroxyl groups is 2. The molecule has 37 heavy (non-hydrogen) atoms. The summed E-state index contributed by atoms with van der Waals surface area (Å²) in [5.74, 6) is -0.605. The molecule has 1 amide bonds. The first kappa shape index (κ1) is 29.0. The maximum atomic E-state index is 13.1. The van der Waals surface area contributed by atoms with Gasteiger partial charge in [-0.25, -0.2) is 13.6 Å². The first-order valence-corrected chi connectivity index (χ1v) is 12.9. The molecule has 4 atom stereocenters. The molecule has 0 aliphatic carbocycles. The molecule has 8 heteroatoms. The molecule has 6 nitrogen and oxygen atoms in total. The molecular formula is C29H40F2N2O4. The third-order valence-electron chi connectivity index (χ3n) is 7.36. The van der Waals surface area contributed by atoms with E-state index in [0.717, 1.165) is 18.7 Å². The number of hydrogen-bond acceptors (Lipinski definition) is 5. The maximum Gasteiger partial charge on any atom is 0.410 e. The summed E-state index contributed by atoms with van der Waals surface area (Å²) in [4.78, 5) is 13.7. The van der Waals surface area contributed by atoms with Gasteiger partial charge in [0.05, 0.1) is 11.2 Å². The molecule has 2 aromatic carbocycles. The first-order chi connectivity index (χ1) is 17.2. The summed E-state index contributed by atoms with van der Waals surface area (Å²) >= 11 is 0. The summed E-state index contributed by atoms with van der Waals surface area (Å²) in [5.41, 5.74) is -0.890. The molecule has 2 aliphatic heterocycles. The minimum Gasteiger partial charge on any atom is -0.444 e. The van der Waals surface area contributed by atoms with Crippen LogP contribution in [0.15, 0.2) is 48.5 Å². The fourth-order valence-corrected chi connectivity index (χ4v) is 4.96. The van der Waals surface area contributed by atoms with Crippen LogP contribution in [0.4, 0.5) is 13.6 Å². The number of amides is 1. The number of rotatable bonds is 2. The zero-order chi connectivity index (χ0) is 27.4. The zero-order valence-corrected chi connectivity index (χ0v) is 22.4. The highest BCUT2D eigenvalue weighted by molar-refractivity contribution is 5.68. The van der Waals surface area contributed by atoms with E-state index < -0.39 is 16.8 Å². The third kappa shape index (κ3) is 7.06. The van der Waals surface area contributed by atoms with Crippen LogP contribution in [0.3, 0.4) is 0 Å². The van der Waals surface area contributed by atoms with Gasteiger partial charge in [0.2, 0.25) is 0 Å². The summed E-state index contributed by atoms with van der Waals surface area (Å²) in [5, 5.41) is 24.7. The smallest absolute Gasteiger partial charge is 0.410 e. The summed E-state index contributed by atoms with van der Waals surface area (Å²) in [6, 6.07) is 12.1. The molecular weight excluding hydrogens is 478 g/mol. The highest BCUT2D eigenvalue weighted by Crippen LogP contribution is 2.38. The van der Waals surface area contributed by atoms with Crippen molar-refractivity contribution < 1.29 is 28.5 Å². The van der Waals surface area contributed by atoms with Gasteiger partial charge in [-0.3, -0.25) is 0 Å². The van der Waals surface area contributed by atoms with Crippen molar-refractivity contribution in [3.63, 3.8) is 0 Å². The predicted molar refractivity (Wildman–Crippen MR) is 139 cm³/mol. The Balaban J connectivity index is 0.000000220. The number of piperidine rings is 2. The van der Waals surface area contributed by atoms with Gasteiger partial charge < -0.3 is 25.2 Å². The van der Waals surface area contributed by atoms with Crippen molar-refractivity contribution in [1.82, 2.24) is 10.2 Å². The first-order valence-electron chi connectivity index (χ1n) is 12.9. The fourth-order valence-electron chi connectivity index (χ4n) is 4.96. The van der Waals surface area contributed by atoms with E-state index in [2.05, 4.69) is 5.32 Å². The number of carbonyl (C=O) groups excluding carboxylic acids is 1. The van der Waals surface area contributed by atoms with Gasteiger partial charge in [-0.15, -0.1) is 0 Å². The Hall–Kier alpha value is -2.55. The molecule has 4 unspecified atom stereocenters. The van der Waals surface area contributed by atoms with E-state index in [1.54, 1.807) is 29.2 Å². The van der Waals surface area contributed by atoms with Gasteiger partial charge in [0.25, 0.3) is 0 Å². The summed E-state index contributed by atoms with van der Waals surface area (Å²) in [6.07, 6.45) is 0.722. The van der Waals surface area contributed by atoms with Crippen molar-refractivity contribution in [3.8, 4) is 0 Å². The Morgan fingerprint density at radius 1 is 0.919 bits per heavy atom. The lowest BCUT2D eigenvalue weighted by atomic mass is 9.77. The molecule has 2 aliphatic rings. The highest BCUT2D eigenvalue weighted by atomic mass is 19.1. The van der Waals surface area contributed by atoms with Gasteiger partial charge in [-0.2, -0.15) is 0 Å². The van der Waals surface area contributed by atoms with Crippen LogP contribution in [-0.2, 0) is 15.9 Å². The van der Waals surface area contributed by atoms with Crippen LogP contribution in [0.5, 0.6) is 0 Å². The molecule has 4 rings (SSSR count). The number of nitrogens with one attached hydrogen (secondary N) is 1.